The monoisotopic (exact) mass is 502 g/mol. The molecule has 0 aliphatic carbocycles. The van der Waals surface area contributed by atoms with Crippen molar-refractivity contribution in [1.82, 2.24) is 0 Å². The molecule has 204 valence electrons. The molecule has 0 aliphatic rings. The van der Waals surface area contributed by atoms with Gasteiger partial charge in [-0.25, -0.2) is 0 Å². The van der Waals surface area contributed by atoms with Crippen molar-refractivity contribution in [2.24, 2.45) is 0 Å². The highest BCUT2D eigenvalue weighted by Gasteiger charge is 2.41. The molecular formula is C29H61NO3P+. The third-order valence-electron chi connectivity index (χ3n) is 6.75. The molecule has 0 aromatic heterocycles. The zero-order valence-corrected chi connectivity index (χ0v) is 24.6. The van der Waals surface area contributed by atoms with Crippen molar-refractivity contribution in [3.8, 4) is 0 Å². The zero-order valence-electron chi connectivity index (χ0n) is 23.7. The predicted octanol–water partition coefficient (Wildman–Crippen LogP) is 9.62. The van der Waals surface area contributed by atoms with Crippen molar-refractivity contribution in [3.63, 3.8) is 0 Å². The van der Waals surface area contributed by atoms with Gasteiger partial charge in [0.2, 0.25) is 0 Å². The van der Waals surface area contributed by atoms with Crippen LogP contribution in [0, 0.1) is 0 Å². The van der Waals surface area contributed by atoms with Crippen LogP contribution in [0.5, 0.6) is 0 Å². The Morgan fingerprint density at radius 2 is 1.09 bits per heavy atom. The lowest BCUT2D eigenvalue weighted by atomic mass is 10.0. The van der Waals surface area contributed by atoms with Gasteiger partial charge >= 0.3 is 7.60 Å². The highest BCUT2D eigenvalue weighted by molar-refractivity contribution is 7.53. The second kappa shape index (κ2) is 22.1. The average molecular weight is 503 g/mol. The summed E-state index contributed by atoms with van der Waals surface area (Å²) in [6, 6.07) is 0. The van der Waals surface area contributed by atoms with Gasteiger partial charge in [0.05, 0.1) is 27.7 Å². The Balaban J connectivity index is 3.45. The first-order valence-corrected chi connectivity index (χ1v) is 16.3. The smallest absolute Gasteiger partial charge is 0.320 e. The SMILES string of the molecule is CCCC/C=C\CCCCCCCCCCCCCCCCOP(=O)(O)C(CCC)[N+](C)(C)C. The molecule has 0 radical (unpaired) electrons. The quantitative estimate of drug-likeness (QED) is 0.0585. The van der Waals surface area contributed by atoms with Crippen molar-refractivity contribution in [3.05, 3.63) is 12.2 Å². The summed E-state index contributed by atoms with van der Waals surface area (Å²) in [6.07, 6.45) is 29.8. The Kier molecular flexibility index (Phi) is 22.0. The molecule has 0 saturated carbocycles. The molecule has 5 heteroatoms. The topological polar surface area (TPSA) is 46.5 Å². The van der Waals surface area contributed by atoms with Crippen molar-refractivity contribution in [2.45, 2.75) is 148 Å². The van der Waals surface area contributed by atoms with E-state index in [9.17, 15) is 9.46 Å². The van der Waals surface area contributed by atoms with Gasteiger partial charge < -0.3 is 13.9 Å². The van der Waals surface area contributed by atoms with E-state index in [-0.39, 0.29) is 5.78 Å². The van der Waals surface area contributed by atoms with E-state index >= 15 is 0 Å². The second-order valence-electron chi connectivity index (χ2n) is 11.1. The molecule has 0 amide bonds. The maximum absolute atomic E-state index is 12.7. The van der Waals surface area contributed by atoms with Gasteiger partial charge in [0, 0.05) is 6.42 Å². The first kappa shape index (κ1) is 33.8. The zero-order chi connectivity index (χ0) is 25.5. The fraction of sp³-hybridized carbons (Fsp3) is 0.931. The van der Waals surface area contributed by atoms with Gasteiger partial charge in [-0.05, 0) is 32.1 Å². The lowest BCUT2D eigenvalue weighted by Gasteiger charge is -2.35. The molecule has 0 bridgehead atoms. The molecule has 34 heavy (non-hydrogen) atoms. The lowest BCUT2D eigenvalue weighted by Crippen LogP contribution is -2.45. The summed E-state index contributed by atoms with van der Waals surface area (Å²) >= 11 is 0. The molecule has 0 aromatic rings. The molecular weight excluding hydrogens is 441 g/mol. The normalized spacial score (nSPS) is 15.1. The summed E-state index contributed by atoms with van der Waals surface area (Å²) in [5, 5.41) is 0. The van der Waals surface area contributed by atoms with Gasteiger partial charge in [-0.15, -0.1) is 0 Å². The summed E-state index contributed by atoms with van der Waals surface area (Å²) < 4.78 is 18.6. The molecule has 0 rings (SSSR count). The highest BCUT2D eigenvalue weighted by atomic mass is 31.2. The van der Waals surface area contributed by atoms with Crippen LogP contribution in [-0.4, -0.2) is 42.9 Å². The van der Waals surface area contributed by atoms with Crippen molar-refractivity contribution < 1.29 is 18.5 Å². The van der Waals surface area contributed by atoms with Crippen LogP contribution in [0.4, 0.5) is 0 Å². The van der Waals surface area contributed by atoms with Gasteiger partial charge in [-0.2, -0.15) is 0 Å². The summed E-state index contributed by atoms with van der Waals surface area (Å²) in [5.74, 6) is -0.333. The molecule has 2 unspecified atom stereocenters. The van der Waals surface area contributed by atoms with Gasteiger partial charge in [0.25, 0.3) is 0 Å². The molecule has 0 spiro atoms. The summed E-state index contributed by atoms with van der Waals surface area (Å²) in [4.78, 5) is 10.4. The standard InChI is InChI=1S/C29H60NO3P/c1-6-8-9-10-11-12-13-14-15-16-17-18-19-20-21-22-23-24-25-26-28-33-34(31,32)29(27-7-2)30(3,4)5/h10-11,29H,6-9,12-28H2,1-5H3/p+1/b11-10-. The fourth-order valence-corrected chi connectivity index (χ4v) is 6.59. The number of allylic oxidation sites excluding steroid dienone is 2. The molecule has 0 aromatic carbocycles. The molecule has 1 N–H and O–H groups in total. The maximum atomic E-state index is 12.7. The Hall–Kier alpha value is -0.150. The maximum Gasteiger partial charge on any atom is 0.385 e. The van der Waals surface area contributed by atoms with Crippen molar-refractivity contribution in [2.75, 3.05) is 27.7 Å². The van der Waals surface area contributed by atoms with Crippen molar-refractivity contribution >= 4 is 7.60 Å². The number of unbranched alkanes of at least 4 members (excludes halogenated alkanes) is 16. The van der Waals surface area contributed by atoms with Crippen LogP contribution in [0.2, 0.25) is 0 Å². The second-order valence-corrected chi connectivity index (χ2v) is 13.1. The van der Waals surface area contributed by atoms with E-state index in [2.05, 4.69) is 26.0 Å². The van der Waals surface area contributed by atoms with Gasteiger partial charge in [-0.3, -0.25) is 4.57 Å². The summed E-state index contributed by atoms with van der Waals surface area (Å²) in [6.45, 7) is 4.72. The van der Waals surface area contributed by atoms with Crippen LogP contribution in [0.25, 0.3) is 0 Å². The Labute approximate surface area is 214 Å². The predicted molar refractivity (Wildman–Crippen MR) is 150 cm³/mol. The van der Waals surface area contributed by atoms with E-state index in [1.165, 1.54) is 103 Å². The Morgan fingerprint density at radius 1 is 0.676 bits per heavy atom. The first-order valence-electron chi connectivity index (χ1n) is 14.7. The van der Waals surface area contributed by atoms with Crippen molar-refractivity contribution in [1.29, 1.82) is 0 Å². The number of rotatable bonds is 25. The lowest BCUT2D eigenvalue weighted by molar-refractivity contribution is -0.883. The third-order valence-corrected chi connectivity index (χ3v) is 9.01. The van der Waals surface area contributed by atoms with E-state index < -0.39 is 7.60 Å². The number of hydrogen-bond donors (Lipinski definition) is 1. The highest BCUT2D eigenvalue weighted by Crippen LogP contribution is 2.51. The van der Waals surface area contributed by atoms with Gasteiger partial charge in [0.15, 0.2) is 5.78 Å². The van der Waals surface area contributed by atoms with E-state index in [1.54, 1.807) is 0 Å². The number of hydrogen-bond acceptors (Lipinski definition) is 2. The minimum absolute atomic E-state index is 0.333. The number of nitrogens with zero attached hydrogens (tertiary/aromatic N) is 1. The van der Waals surface area contributed by atoms with Crippen LogP contribution in [0.1, 0.15) is 142 Å². The summed E-state index contributed by atoms with van der Waals surface area (Å²) in [5.41, 5.74) is 0. The summed E-state index contributed by atoms with van der Waals surface area (Å²) in [7, 11) is 2.36. The molecule has 4 nitrogen and oxygen atoms in total. The molecule has 0 aliphatic heterocycles. The average Bonchev–Trinajstić information content (AvgIpc) is 2.77. The third kappa shape index (κ3) is 20.1. The molecule has 0 fully saturated rings. The minimum Gasteiger partial charge on any atom is -0.320 e. The van der Waals surface area contributed by atoms with E-state index in [4.69, 9.17) is 4.52 Å². The van der Waals surface area contributed by atoms with Crippen LogP contribution in [0.3, 0.4) is 0 Å². The molecule has 0 heterocycles. The Bertz CT molecular complexity index is 516. The van der Waals surface area contributed by atoms with Gasteiger partial charge in [-0.1, -0.05) is 116 Å². The van der Waals surface area contributed by atoms with E-state index in [1.807, 2.05) is 21.1 Å². The van der Waals surface area contributed by atoms with Crippen LogP contribution in [0.15, 0.2) is 12.2 Å². The number of quaternary nitrogens is 1. The minimum atomic E-state index is -3.57. The van der Waals surface area contributed by atoms with E-state index in [0.29, 0.717) is 17.5 Å². The largest absolute Gasteiger partial charge is 0.385 e. The van der Waals surface area contributed by atoms with Crippen LogP contribution in [-0.2, 0) is 9.09 Å². The Morgan fingerprint density at radius 3 is 1.50 bits per heavy atom. The first-order chi connectivity index (χ1) is 16.3. The van der Waals surface area contributed by atoms with Crippen LogP contribution < -0.4 is 0 Å². The molecule has 2 atom stereocenters. The fourth-order valence-electron chi connectivity index (χ4n) is 4.57. The van der Waals surface area contributed by atoms with E-state index in [0.717, 1.165) is 19.3 Å². The molecule has 0 saturated heterocycles. The van der Waals surface area contributed by atoms with Gasteiger partial charge in [0.1, 0.15) is 0 Å². The van der Waals surface area contributed by atoms with Crippen LogP contribution >= 0.6 is 7.60 Å².